The average Bonchev–Trinajstić information content (AvgIpc) is 2.78. The zero-order valence-electron chi connectivity index (χ0n) is 20.4. The molecule has 3 aromatic rings. The molecular formula is C25H35Cl3CrN3O2. The third-order valence-electron chi connectivity index (χ3n) is 5.70. The van der Waals surface area contributed by atoms with Crippen molar-refractivity contribution in [1.82, 2.24) is 14.8 Å². The van der Waals surface area contributed by atoms with Crippen LogP contribution in [0.5, 0.6) is 11.5 Å². The van der Waals surface area contributed by atoms with Gasteiger partial charge in [0.25, 0.3) is 0 Å². The molecule has 0 aliphatic heterocycles. The van der Waals surface area contributed by atoms with E-state index in [-0.39, 0.29) is 54.6 Å². The summed E-state index contributed by atoms with van der Waals surface area (Å²) in [6.45, 7) is 16.1. The Kier molecular flexibility index (Phi) is 19.0. The van der Waals surface area contributed by atoms with Gasteiger partial charge in [-0.1, -0.05) is 27.7 Å². The Hall–Kier alpha value is -0.968. The van der Waals surface area contributed by atoms with Gasteiger partial charge in [-0.05, 0) is 56.5 Å². The molecule has 9 heteroatoms. The fourth-order valence-electron chi connectivity index (χ4n) is 3.63. The van der Waals surface area contributed by atoms with E-state index in [0.717, 1.165) is 72.6 Å². The Labute approximate surface area is 233 Å². The smallest absolute Gasteiger partial charge is 1.00 e. The molecule has 0 unspecified atom stereocenters. The van der Waals surface area contributed by atoms with Gasteiger partial charge in [-0.25, -0.2) is 4.98 Å². The van der Waals surface area contributed by atoms with Crippen molar-refractivity contribution in [2.45, 2.75) is 27.7 Å². The van der Waals surface area contributed by atoms with Crippen molar-refractivity contribution in [2.75, 3.05) is 52.5 Å². The van der Waals surface area contributed by atoms with Gasteiger partial charge >= 0.3 is 17.4 Å². The minimum absolute atomic E-state index is 0. The SMILES string of the molecule is CCN(CC)CCOc1ccc2cc3ccc(OCCN(CC)CC)cc3nc2c1.[Cl-].[Cl-].[Cl-].[Cr+3]. The number of rotatable bonds is 12. The van der Waals surface area contributed by atoms with Crippen LogP contribution in [0.3, 0.4) is 0 Å². The van der Waals surface area contributed by atoms with Crippen LogP contribution in [0.15, 0.2) is 42.5 Å². The number of aromatic nitrogens is 1. The normalized spacial score (nSPS) is 10.3. The molecule has 0 saturated heterocycles. The zero-order valence-corrected chi connectivity index (χ0v) is 23.9. The molecule has 1 radical (unpaired) electrons. The number of hydrogen-bond donors (Lipinski definition) is 0. The number of fused-ring (bicyclic) bond motifs is 2. The fraction of sp³-hybridized carbons (Fsp3) is 0.480. The van der Waals surface area contributed by atoms with Crippen LogP contribution in [0, 0.1) is 0 Å². The summed E-state index contributed by atoms with van der Waals surface area (Å²) < 4.78 is 11.9. The Morgan fingerprint density at radius 1 is 0.618 bits per heavy atom. The summed E-state index contributed by atoms with van der Waals surface area (Å²) in [4.78, 5) is 9.58. The average molecular weight is 568 g/mol. The molecule has 0 saturated carbocycles. The topological polar surface area (TPSA) is 37.8 Å². The first kappa shape index (κ1) is 35.2. The van der Waals surface area contributed by atoms with Gasteiger partial charge in [0.1, 0.15) is 24.7 Å². The van der Waals surface area contributed by atoms with E-state index < -0.39 is 0 Å². The van der Waals surface area contributed by atoms with Crippen LogP contribution < -0.4 is 46.7 Å². The number of ether oxygens (including phenoxy) is 2. The maximum Gasteiger partial charge on any atom is 3.00 e. The van der Waals surface area contributed by atoms with Gasteiger partial charge in [-0.15, -0.1) is 0 Å². The number of nitrogens with zero attached hydrogens (tertiary/aromatic N) is 3. The van der Waals surface area contributed by atoms with Gasteiger partial charge in [0, 0.05) is 36.0 Å². The monoisotopic (exact) mass is 566 g/mol. The summed E-state index contributed by atoms with van der Waals surface area (Å²) in [5.74, 6) is 1.74. The summed E-state index contributed by atoms with van der Waals surface area (Å²) in [5.41, 5.74) is 1.89. The zero-order chi connectivity index (χ0) is 21.3. The van der Waals surface area contributed by atoms with E-state index in [1.165, 1.54) is 0 Å². The van der Waals surface area contributed by atoms with Crippen molar-refractivity contribution >= 4 is 21.8 Å². The Morgan fingerprint density at radius 2 is 1.00 bits per heavy atom. The van der Waals surface area contributed by atoms with E-state index in [1.54, 1.807) is 0 Å². The van der Waals surface area contributed by atoms with Crippen molar-refractivity contribution in [2.24, 2.45) is 0 Å². The van der Waals surface area contributed by atoms with E-state index >= 15 is 0 Å². The molecule has 0 amide bonds. The maximum absolute atomic E-state index is 5.97. The summed E-state index contributed by atoms with van der Waals surface area (Å²) in [7, 11) is 0. The molecule has 0 aliphatic carbocycles. The van der Waals surface area contributed by atoms with E-state index in [0.29, 0.717) is 13.2 Å². The first-order valence-electron chi connectivity index (χ1n) is 11.2. The quantitative estimate of drug-likeness (QED) is 0.208. The van der Waals surface area contributed by atoms with Crippen LogP contribution in [0.2, 0.25) is 0 Å². The summed E-state index contributed by atoms with van der Waals surface area (Å²) in [5, 5.41) is 2.24. The molecule has 3 rings (SSSR count). The molecule has 34 heavy (non-hydrogen) atoms. The minimum Gasteiger partial charge on any atom is -1.00 e. The second-order valence-electron chi connectivity index (χ2n) is 7.45. The van der Waals surface area contributed by atoms with Crippen LogP contribution >= 0.6 is 0 Å². The van der Waals surface area contributed by atoms with Crippen molar-refractivity contribution in [1.29, 1.82) is 0 Å². The fourth-order valence-corrected chi connectivity index (χ4v) is 3.63. The van der Waals surface area contributed by atoms with Crippen LogP contribution in [-0.4, -0.2) is 67.3 Å². The number of halogens is 3. The Bertz CT molecular complexity index is 884. The largest absolute Gasteiger partial charge is 3.00 e. The van der Waals surface area contributed by atoms with Crippen molar-refractivity contribution in [3.8, 4) is 11.5 Å². The van der Waals surface area contributed by atoms with Gasteiger partial charge in [-0.3, -0.25) is 0 Å². The molecule has 1 heterocycles. The van der Waals surface area contributed by atoms with E-state index in [4.69, 9.17) is 14.5 Å². The van der Waals surface area contributed by atoms with Crippen molar-refractivity contribution < 1.29 is 64.1 Å². The molecule has 0 atom stereocenters. The first-order chi connectivity index (χ1) is 14.7. The number of benzene rings is 2. The van der Waals surface area contributed by atoms with Gasteiger partial charge in [-0.2, -0.15) is 0 Å². The second-order valence-corrected chi connectivity index (χ2v) is 7.45. The van der Waals surface area contributed by atoms with Crippen LogP contribution in [-0.2, 0) is 17.4 Å². The van der Waals surface area contributed by atoms with Crippen LogP contribution in [0.25, 0.3) is 21.8 Å². The van der Waals surface area contributed by atoms with Gasteiger partial charge in [0.15, 0.2) is 0 Å². The van der Waals surface area contributed by atoms with Crippen LogP contribution in [0.4, 0.5) is 0 Å². The third kappa shape index (κ3) is 9.95. The van der Waals surface area contributed by atoms with Crippen molar-refractivity contribution in [3.63, 3.8) is 0 Å². The molecule has 2 aromatic carbocycles. The minimum atomic E-state index is 0. The summed E-state index contributed by atoms with van der Waals surface area (Å²) in [6.07, 6.45) is 0. The number of hydrogen-bond acceptors (Lipinski definition) is 5. The van der Waals surface area contributed by atoms with E-state index in [2.05, 4.69) is 55.7 Å². The Balaban J connectivity index is 0. The van der Waals surface area contributed by atoms with E-state index in [1.807, 2.05) is 24.3 Å². The molecular weight excluding hydrogens is 533 g/mol. The van der Waals surface area contributed by atoms with Crippen molar-refractivity contribution in [3.05, 3.63) is 42.5 Å². The molecule has 0 spiro atoms. The van der Waals surface area contributed by atoms with E-state index in [9.17, 15) is 0 Å². The molecule has 1 aromatic heterocycles. The predicted octanol–water partition coefficient (Wildman–Crippen LogP) is -4.16. The molecule has 5 nitrogen and oxygen atoms in total. The first-order valence-corrected chi connectivity index (χ1v) is 11.2. The molecule has 189 valence electrons. The molecule has 0 aliphatic rings. The summed E-state index contributed by atoms with van der Waals surface area (Å²) >= 11 is 0. The standard InChI is InChI=1S/C25H35N3O2.3ClH.Cr/c1-5-27(6-2)13-15-29-22-11-9-20-17-21-10-12-23(19-25(21)26-24(20)18-22)30-16-14-28(7-3)8-4;;;;/h9-12,17-19H,5-8,13-16H2,1-4H3;3*1H;/q;;;;+3/p-3. The van der Waals surface area contributed by atoms with Crippen LogP contribution in [0.1, 0.15) is 27.7 Å². The maximum atomic E-state index is 5.97. The number of pyridine rings is 1. The molecule has 0 bridgehead atoms. The van der Waals surface area contributed by atoms with Gasteiger partial charge in [0.05, 0.1) is 11.0 Å². The third-order valence-corrected chi connectivity index (χ3v) is 5.70. The number of likely N-dealkylation sites (N-methyl/N-ethyl adjacent to an activating group) is 2. The Morgan fingerprint density at radius 3 is 1.35 bits per heavy atom. The molecule has 0 fully saturated rings. The van der Waals surface area contributed by atoms with Gasteiger partial charge in [0.2, 0.25) is 0 Å². The van der Waals surface area contributed by atoms with Gasteiger partial charge < -0.3 is 56.5 Å². The molecule has 0 N–H and O–H groups in total. The summed E-state index contributed by atoms with van der Waals surface area (Å²) in [6, 6.07) is 14.5. The predicted molar refractivity (Wildman–Crippen MR) is 126 cm³/mol. The second kappa shape index (κ2) is 18.3.